The third kappa shape index (κ3) is 2.04. The van der Waals surface area contributed by atoms with Crippen molar-refractivity contribution in [2.75, 3.05) is 19.5 Å². The monoisotopic (exact) mass is 283 g/mol. The molecule has 0 radical (unpaired) electrons. The topological polar surface area (TPSA) is 44.5 Å². The van der Waals surface area contributed by atoms with E-state index in [4.69, 9.17) is 15.2 Å². The van der Waals surface area contributed by atoms with Gasteiger partial charge in [0.25, 0.3) is 0 Å². The molecule has 3 heteroatoms. The van der Waals surface area contributed by atoms with Gasteiger partial charge in [0.1, 0.15) is 11.5 Å². The van der Waals surface area contributed by atoms with E-state index in [1.807, 2.05) is 12.1 Å². The Balaban J connectivity index is 2.16. The molecule has 2 aromatic carbocycles. The lowest BCUT2D eigenvalue weighted by atomic mass is 9.86. The first-order valence-corrected chi connectivity index (χ1v) is 7.20. The van der Waals surface area contributed by atoms with Gasteiger partial charge in [0.15, 0.2) is 0 Å². The van der Waals surface area contributed by atoms with E-state index in [0.29, 0.717) is 6.61 Å². The van der Waals surface area contributed by atoms with E-state index in [1.165, 1.54) is 11.1 Å². The predicted molar refractivity (Wildman–Crippen MR) is 85.4 cm³/mol. The molecule has 0 aromatic heterocycles. The van der Waals surface area contributed by atoms with Crippen LogP contribution in [-0.2, 0) is 0 Å². The molecule has 0 amide bonds. The zero-order chi connectivity index (χ0) is 15.1. The van der Waals surface area contributed by atoms with Crippen LogP contribution in [0, 0.1) is 20.8 Å². The number of fused-ring (bicyclic) bond motifs is 1. The Morgan fingerprint density at radius 3 is 2.62 bits per heavy atom. The van der Waals surface area contributed by atoms with Crippen molar-refractivity contribution < 1.29 is 9.47 Å². The normalized spacial score (nSPS) is 16.5. The van der Waals surface area contributed by atoms with Crippen LogP contribution in [0.4, 0.5) is 5.69 Å². The highest BCUT2D eigenvalue weighted by Crippen LogP contribution is 2.46. The minimum Gasteiger partial charge on any atom is -0.497 e. The first kappa shape index (κ1) is 13.8. The Morgan fingerprint density at radius 2 is 1.90 bits per heavy atom. The average Bonchev–Trinajstić information content (AvgIpc) is 2.96. The minimum absolute atomic E-state index is 0.219. The first-order valence-electron chi connectivity index (χ1n) is 7.20. The van der Waals surface area contributed by atoms with Crippen molar-refractivity contribution in [2.24, 2.45) is 0 Å². The van der Waals surface area contributed by atoms with Crippen LogP contribution in [0.2, 0.25) is 0 Å². The van der Waals surface area contributed by atoms with E-state index >= 15 is 0 Å². The first-order chi connectivity index (χ1) is 10.0. The molecule has 2 aromatic rings. The van der Waals surface area contributed by atoms with Crippen LogP contribution in [0.5, 0.6) is 11.5 Å². The minimum atomic E-state index is 0.219. The van der Waals surface area contributed by atoms with Gasteiger partial charge in [-0.2, -0.15) is 0 Å². The number of nitrogens with two attached hydrogens (primary N) is 1. The van der Waals surface area contributed by atoms with E-state index in [0.717, 1.165) is 33.9 Å². The zero-order valence-electron chi connectivity index (χ0n) is 13.0. The van der Waals surface area contributed by atoms with Gasteiger partial charge in [0, 0.05) is 17.2 Å². The van der Waals surface area contributed by atoms with Crippen LogP contribution in [0.25, 0.3) is 0 Å². The van der Waals surface area contributed by atoms with Gasteiger partial charge in [-0.3, -0.25) is 0 Å². The van der Waals surface area contributed by atoms with E-state index < -0.39 is 0 Å². The third-order valence-corrected chi connectivity index (χ3v) is 4.60. The Kier molecular flexibility index (Phi) is 3.28. The molecule has 21 heavy (non-hydrogen) atoms. The van der Waals surface area contributed by atoms with Gasteiger partial charge < -0.3 is 15.2 Å². The van der Waals surface area contributed by atoms with Crippen molar-refractivity contribution in [1.82, 2.24) is 0 Å². The molecule has 1 heterocycles. The highest BCUT2D eigenvalue weighted by atomic mass is 16.5. The Bertz CT molecular complexity index is 707. The van der Waals surface area contributed by atoms with Gasteiger partial charge in [-0.05, 0) is 55.2 Å². The lowest BCUT2D eigenvalue weighted by Gasteiger charge is -2.17. The highest BCUT2D eigenvalue weighted by molar-refractivity contribution is 5.68. The number of hydrogen-bond donors (Lipinski definition) is 1. The van der Waals surface area contributed by atoms with Crippen molar-refractivity contribution in [3.8, 4) is 11.5 Å². The molecule has 110 valence electrons. The molecule has 0 aliphatic carbocycles. The summed E-state index contributed by atoms with van der Waals surface area (Å²) in [6.45, 7) is 6.88. The standard InChI is InChI=1S/C18H21NO2/c1-10-11(2)18-16(12(3)17(10)19)15(9-21-18)13-6-5-7-14(8-13)20-4/h5-8,15H,9,19H2,1-4H3. The molecule has 0 saturated carbocycles. The molecule has 1 atom stereocenters. The van der Waals surface area contributed by atoms with Crippen molar-refractivity contribution in [3.05, 3.63) is 52.1 Å². The van der Waals surface area contributed by atoms with Crippen LogP contribution in [0.1, 0.15) is 33.7 Å². The van der Waals surface area contributed by atoms with Crippen LogP contribution in [-0.4, -0.2) is 13.7 Å². The summed E-state index contributed by atoms with van der Waals surface area (Å²) in [5.74, 6) is 2.10. The molecule has 3 rings (SSSR count). The maximum Gasteiger partial charge on any atom is 0.126 e. The van der Waals surface area contributed by atoms with Gasteiger partial charge in [-0.15, -0.1) is 0 Å². The molecular formula is C18H21NO2. The maximum atomic E-state index is 6.27. The summed E-state index contributed by atoms with van der Waals surface area (Å²) < 4.78 is 11.3. The second-order valence-electron chi connectivity index (χ2n) is 5.67. The fourth-order valence-corrected chi connectivity index (χ4v) is 3.15. The molecule has 2 N–H and O–H groups in total. The molecule has 0 saturated heterocycles. The van der Waals surface area contributed by atoms with E-state index in [2.05, 4.69) is 32.9 Å². The fraction of sp³-hybridized carbons (Fsp3) is 0.333. The van der Waals surface area contributed by atoms with Crippen molar-refractivity contribution in [3.63, 3.8) is 0 Å². The predicted octanol–water partition coefficient (Wildman–Crippen LogP) is 3.73. The van der Waals surface area contributed by atoms with Gasteiger partial charge in [0.05, 0.1) is 13.7 Å². The molecule has 3 nitrogen and oxygen atoms in total. The summed E-state index contributed by atoms with van der Waals surface area (Å²) in [6, 6.07) is 8.18. The number of benzene rings is 2. The van der Waals surface area contributed by atoms with Crippen molar-refractivity contribution >= 4 is 5.69 Å². The average molecular weight is 283 g/mol. The van der Waals surface area contributed by atoms with E-state index in [-0.39, 0.29) is 5.92 Å². The molecule has 0 spiro atoms. The number of anilines is 1. The molecular weight excluding hydrogens is 262 g/mol. The molecule has 0 bridgehead atoms. The van der Waals surface area contributed by atoms with Crippen LogP contribution in [0.3, 0.4) is 0 Å². The maximum absolute atomic E-state index is 6.27. The van der Waals surface area contributed by atoms with Gasteiger partial charge >= 0.3 is 0 Å². The van der Waals surface area contributed by atoms with Gasteiger partial charge in [0.2, 0.25) is 0 Å². The Hall–Kier alpha value is -2.16. The zero-order valence-corrected chi connectivity index (χ0v) is 13.0. The number of hydrogen-bond acceptors (Lipinski definition) is 3. The lowest BCUT2D eigenvalue weighted by molar-refractivity contribution is 0.340. The van der Waals surface area contributed by atoms with Gasteiger partial charge in [-0.25, -0.2) is 0 Å². The summed E-state index contributed by atoms with van der Waals surface area (Å²) >= 11 is 0. The number of rotatable bonds is 2. The fourth-order valence-electron chi connectivity index (χ4n) is 3.15. The lowest BCUT2D eigenvalue weighted by Crippen LogP contribution is -2.05. The highest BCUT2D eigenvalue weighted by Gasteiger charge is 2.31. The number of nitrogen functional groups attached to an aromatic ring is 1. The van der Waals surface area contributed by atoms with Crippen LogP contribution < -0.4 is 15.2 Å². The molecule has 1 aliphatic heterocycles. The largest absolute Gasteiger partial charge is 0.497 e. The second-order valence-corrected chi connectivity index (χ2v) is 5.67. The Labute approximate surface area is 125 Å². The quantitative estimate of drug-likeness (QED) is 0.854. The van der Waals surface area contributed by atoms with E-state index in [9.17, 15) is 0 Å². The summed E-state index contributed by atoms with van der Waals surface area (Å²) in [4.78, 5) is 0. The second kappa shape index (κ2) is 4.99. The van der Waals surface area contributed by atoms with Gasteiger partial charge in [-0.1, -0.05) is 12.1 Å². The number of ether oxygens (including phenoxy) is 2. The Morgan fingerprint density at radius 1 is 1.14 bits per heavy atom. The summed E-state index contributed by atoms with van der Waals surface area (Å²) in [6.07, 6.45) is 0. The molecule has 1 aliphatic rings. The van der Waals surface area contributed by atoms with Crippen LogP contribution >= 0.6 is 0 Å². The molecule has 0 fully saturated rings. The van der Waals surface area contributed by atoms with Crippen molar-refractivity contribution in [2.45, 2.75) is 26.7 Å². The van der Waals surface area contributed by atoms with Crippen LogP contribution in [0.15, 0.2) is 24.3 Å². The summed E-state index contributed by atoms with van der Waals surface area (Å²) in [5.41, 5.74) is 13.0. The summed E-state index contributed by atoms with van der Waals surface area (Å²) in [7, 11) is 1.69. The third-order valence-electron chi connectivity index (χ3n) is 4.60. The summed E-state index contributed by atoms with van der Waals surface area (Å²) in [5, 5.41) is 0. The number of methoxy groups -OCH3 is 1. The smallest absolute Gasteiger partial charge is 0.126 e. The van der Waals surface area contributed by atoms with Crippen molar-refractivity contribution in [1.29, 1.82) is 0 Å². The molecule has 1 unspecified atom stereocenters. The van der Waals surface area contributed by atoms with E-state index in [1.54, 1.807) is 7.11 Å². The SMILES string of the molecule is COc1cccc(C2COc3c(C)c(C)c(N)c(C)c32)c1.